The molecule has 7 nitrogen and oxygen atoms in total. The van der Waals surface area contributed by atoms with Crippen molar-refractivity contribution in [3.63, 3.8) is 0 Å². The summed E-state index contributed by atoms with van der Waals surface area (Å²) in [4.78, 5) is 29.4. The van der Waals surface area contributed by atoms with Crippen molar-refractivity contribution in [1.82, 2.24) is 10.2 Å². The van der Waals surface area contributed by atoms with Crippen molar-refractivity contribution in [2.45, 2.75) is 57.7 Å². The van der Waals surface area contributed by atoms with Crippen LogP contribution in [-0.2, 0) is 32.6 Å². The van der Waals surface area contributed by atoms with Gasteiger partial charge in [-0.1, -0.05) is 84.6 Å². The van der Waals surface area contributed by atoms with E-state index in [4.69, 9.17) is 11.6 Å². The van der Waals surface area contributed by atoms with Gasteiger partial charge in [-0.15, -0.1) is 0 Å². The summed E-state index contributed by atoms with van der Waals surface area (Å²) in [5, 5.41) is 2.87. The van der Waals surface area contributed by atoms with Gasteiger partial charge in [0.25, 0.3) is 0 Å². The van der Waals surface area contributed by atoms with Gasteiger partial charge in [0.05, 0.1) is 17.0 Å². The largest absolute Gasteiger partial charge is 0.352 e. The zero-order valence-electron chi connectivity index (χ0n) is 23.2. The zero-order chi connectivity index (χ0) is 29.6. The SMILES string of the molecule is Cc1ccc(CN(C(=O)CN(c2ccc(F)c(Cl)c2)S(C)(=O)=O)[C@@H](Cc2ccccc2)C(=O)NC2CCCC2)cc1. The molecule has 0 unspecified atom stereocenters. The van der Waals surface area contributed by atoms with E-state index in [2.05, 4.69) is 5.32 Å². The van der Waals surface area contributed by atoms with Gasteiger partial charge in [0.15, 0.2) is 0 Å². The van der Waals surface area contributed by atoms with Crippen LogP contribution in [0.3, 0.4) is 0 Å². The number of sulfonamides is 1. The quantitative estimate of drug-likeness (QED) is 0.326. The smallest absolute Gasteiger partial charge is 0.244 e. The van der Waals surface area contributed by atoms with Gasteiger partial charge < -0.3 is 10.2 Å². The number of anilines is 1. The number of rotatable bonds is 11. The first kappa shape index (κ1) is 30.5. The Bertz CT molecular complexity index is 1460. The normalized spacial score (nSPS) is 14.4. The second-order valence-corrected chi connectivity index (χ2v) is 12.9. The summed E-state index contributed by atoms with van der Waals surface area (Å²) in [6, 6.07) is 19.7. The molecule has 218 valence electrons. The molecule has 1 N–H and O–H groups in total. The highest BCUT2D eigenvalue weighted by Crippen LogP contribution is 2.26. The maximum atomic E-state index is 14.1. The Balaban J connectivity index is 1.72. The Hall–Kier alpha value is -3.43. The molecule has 1 saturated carbocycles. The van der Waals surface area contributed by atoms with Crippen molar-refractivity contribution in [2.24, 2.45) is 0 Å². The second kappa shape index (κ2) is 13.5. The Morgan fingerprint density at radius 1 is 1.00 bits per heavy atom. The van der Waals surface area contributed by atoms with E-state index >= 15 is 0 Å². The van der Waals surface area contributed by atoms with Crippen molar-refractivity contribution >= 4 is 39.1 Å². The maximum Gasteiger partial charge on any atom is 0.244 e. The molecule has 10 heteroatoms. The third kappa shape index (κ3) is 8.30. The van der Waals surface area contributed by atoms with Crippen molar-refractivity contribution in [3.8, 4) is 0 Å². The van der Waals surface area contributed by atoms with E-state index in [1.165, 1.54) is 17.0 Å². The van der Waals surface area contributed by atoms with Crippen molar-refractivity contribution in [2.75, 3.05) is 17.1 Å². The van der Waals surface area contributed by atoms with Crippen LogP contribution in [0.15, 0.2) is 72.8 Å². The average Bonchev–Trinajstić information content (AvgIpc) is 3.45. The summed E-state index contributed by atoms with van der Waals surface area (Å²) >= 11 is 5.95. The molecule has 0 bridgehead atoms. The number of aryl methyl sites for hydroxylation is 1. The lowest BCUT2D eigenvalue weighted by molar-refractivity contribution is -0.140. The first-order chi connectivity index (χ1) is 19.5. The van der Waals surface area contributed by atoms with E-state index in [1.54, 1.807) is 0 Å². The number of benzene rings is 3. The van der Waals surface area contributed by atoms with Crippen LogP contribution in [0.25, 0.3) is 0 Å². The maximum absolute atomic E-state index is 14.1. The fraction of sp³-hybridized carbons (Fsp3) is 0.355. The molecule has 1 fully saturated rings. The molecule has 4 rings (SSSR count). The van der Waals surface area contributed by atoms with E-state index in [-0.39, 0.29) is 35.6 Å². The number of carbonyl (C=O) groups excluding carboxylic acids is 2. The van der Waals surface area contributed by atoms with Gasteiger partial charge in [0, 0.05) is 19.0 Å². The standard InChI is InChI=1S/C31H35ClFN3O4S/c1-22-12-14-24(15-13-22)20-35(30(37)21-36(41(2,39)40)26-16-17-28(33)27(32)19-26)29(18-23-8-4-3-5-9-23)31(38)34-25-10-6-7-11-25/h3-5,8-9,12-17,19,25,29H,6-7,10-11,18,20-21H2,1-2H3,(H,34,38)/t29-/m0/s1. The lowest BCUT2D eigenvalue weighted by Crippen LogP contribution is -2.54. The van der Waals surface area contributed by atoms with Gasteiger partial charge >= 0.3 is 0 Å². The minimum Gasteiger partial charge on any atom is -0.352 e. The minimum atomic E-state index is -3.97. The van der Waals surface area contributed by atoms with E-state index in [0.29, 0.717) is 0 Å². The third-order valence-electron chi connectivity index (χ3n) is 7.32. The first-order valence-electron chi connectivity index (χ1n) is 13.6. The number of nitrogens with one attached hydrogen (secondary N) is 1. The highest BCUT2D eigenvalue weighted by atomic mass is 35.5. The van der Waals surface area contributed by atoms with E-state index in [9.17, 15) is 22.4 Å². The number of hydrogen-bond acceptors (Lipinski definition) is 4. The molecule has 0 aliphatic heterocycles. The molecule has 1 atom stereocenters. The predicted molar refractivity (Wildman–Crippen MR) is 160 cm³/mol. The van der Waals surface area contributed by atoms with Gasteiger partial charge in [0.1, 0.15) is 18.4 Å². The number of halogens is 2. The summed E-state index contributed by atoms with van der Waals surface area (Å²) in [7, 11) is -3.97. The van der Waals surface area contributed by atoms with Gasteiger partial charge in [-0.3, -0.25) is 13.9 Å². The average molecular weight is 600 g/mol. The highest BCUT2D eigenvalue weighted by Gasteiger charge is 2.34. The zero-order valence-corrected chi connectivity index (χ0v) is 24.8. The topological polar surface area (TPSA) is 86.8 Å². The molecule has 0 aromatic heterocycles. The fourth-order valence-corrected chi connectivity index (χ4v) is 6.08. The number of hydrogen-bond donors (Lipinski definition) is 1. The van der Waals surface area contributed by atoms with Crippen LogP contribution in [-0.4, -0.2) is 50.0 Å². The Morgan fingerprint density at radius 2 is 1.66 bits per heavy atom. The summed E-state index contributed by atoms with van der Waals surface area (Å²) in [5.41, 5.74) is 2.76. The third-order valence-corrected chi connectivity index (χ3v) is 8.75. The van der Waals surface area contributed by atoms with Crippen LogP contribution in [0.1, 0.15) is 42.4 Å². The van der Waals surface area contributed by atoms with Crippen LogP contribution >= 0.6 is 11.6 Å². The summed E-state index contributed by atoms with van der Waals surface area (Å²) < 4.78 is 40.4. The summed E-state index contributed by atoms with van der Waals surface area (Å²) in [6.07, 6.45) is 5.04. The fourth-order valence-electron chi connectivity index (χ4n) is 5.07. The van der Waals surface area contributed by atoms with Gasteiger partial charge in [-0.25, -0.2) is 12.8 Å². The molecule has 2 amide bonds. The Labute approximate surface area is 246 Å². The number of carbonyl (C=O) groups is 2. The van der Waals surface area contributed by atoms with Gasteiger partial charge in [-0.05, 0) is 49.1 Å². The van der Waals surface area contributed by atoms with Gasteiger partial charge in [0.2, 0.25) is 21.8 Å². The van der Waals surface area contributed by atoms with E-state index in [1.807, 2.05) is 61.5 Å². The minimum absolute atomic E-state index is 0.0333. The molecule has 1 aliphatic rings. The molecule has 0 radical (unpaired) electrons. The monoisotopic (exact) mass is 599 g/mol. The van der Waals surface area contributed by atoms with Crippen LogP contribution in [0, 0.1) is 12.7 Å². The molecule has 3 aromatic rings. The first-order valence-corrected chi connectivity index (χ1v) is 15.9. The van der Waals surface area contributed by atoms with Crippen LogP contribution < -0.4 is 9.62 Å². The van der Waals surface area contributed by atoms with Gasteiger partial charge in [-0.2, -0.15) is 0 Å². The van der Waals surface area contributed by atoms with E-state index in [0.717, 1.165) is 59.0 Å². The van der Waals surface area contributed by atoms with E-state index < -0.39 is 34.3 Å². The van der Waals surface area contributed by atoms with Crippen LogP contribution in [0.2, 0.25) is 5.02 Å². The molecule has 1 aliphatic carbocycles. The molecular weight excluding hydrogens is 565 g/mol. The molecule has 0 saturated heterocycles. The highest BCUT2D eigenvalue weighted by molar-refractivity contribution is 7.92. The lowest BCUT2D eigenvalue weighted by Gasteiger charge is -2.34. The molecule has 3 aromatic carbocycles. The molecule has 0 spiro atoms. The number of amides is 2. The summed E-state index contributed by atoms with van der Waals surface area (Å²) in [6.45, 7) is 1.46. The molecule has 41 heavy (non-hydrogen) atoms. The van der Waals surface area contributed by atoms with Crippen molar-refractivity contribution in [3.05, 3.63) is 100 Å². The molecular formula is C31H35ClFN3O4S. The number of nitrogens with zero attached hydrogens (tertiary/aromatic N) is 2. The van der Waals surface area contributed by atoms with Crippen molar-refractivity contribution < 1.29 is 22.4 Å². The Morgan fingerprint density at radius 3 is 2.27 bits per heavy atom. The summed E-state index contributed by atoms with van der Waals surface area (Å²) in [5.74, 6) is -1.56. The van der Waals surface area contributed by atoms with Crippen molar-refractivity contribution in [1.29, 1.82) is 0 Å². The van der Waals surface area contributed by atoms with Crippen LogP contribution in [0.4, 0.5) is 10.1 Å². The predicted octanol–water partition coefficient (Wildman–Crippen LogP) is 5.25. The second-order valence-electron chi connectivity index (χ2n) is 10.6. The molecule has 0 heterocycles. The Kier molecular flexibility index (Phi) is 10.0. The van der Waals surface area contributed by atoms with Crippen LogP contribution in [0.5, 0.6) is 0 Å². The lowest BCUT2D eigenvalue weighted by atomic mass is 10.0.